The standard InChI is InChI=1S/C13H12N4O2S/c1-19-12-10-9(15-17-16-12)8-6-4-2-3-5-7(6)11(18)14-13(8)20-10/h2-5H2,1H3,(H,14,18). The minimum atomic E-state index is 0.0265. The van der Waals surface area contributed by atoms with Crippen LogP contribution in [0.3, 0.4) is 0 Å². The monoisotopic (exact) mass is 288 g/mol. The largest absolute Gasteiger partial charge is 0.479 e. The van der Waals surface area contributed by atoms with Gasteiger partial charge in [-0.2, -0.15) is 0 Å². The van der Waals surface area contributed by atoms with Gasteiger partial charge in [-0.1, -0.05) is 5.10 Å². The van der Waals surface area contributed by atoms with Gasteiger partial charge in [-0.15, -0.1) is 16.4 Å². The second-order valence-corrected chi connectivity index (χ2v) is 5.92. The van der Waals surface area contributed by atoms with Crippen molar-refractivity contribution < 1.29 is 4.74 Å². The highest BCUT2D eigenvalue weighted by Gasteiger charge is 2.22. The van der Waals surface area contributed by atoms with E-state index < -0.39 is 0 Å². The highest BCUT2D eigenvalue weighted by molar-refractivity contribution is 7.25. The fraction of sp³-hybridized carbons (Fsp3) is 0.385. The van der Waals surface area contributed by atoms with Crippen molar-refractivity contribution in [3.05, 3.63) is 21.5 Å². The normalized spacial score (nSPS) is 14.7. The zero-order chi connectivity index (χ0) is 13.7. The minimum absolute atomic E-state index is 0.0265. The van der Waals surface area contributed by atoms with E-state index in [9.17, 15) is 4.79 Å². The van der Waals surface area contributed by atoms with Crippen molar-refractivity contribution in [2.45, 2.75) is 25.7 Å². The molecule has 6 nitrogen and oxygen atoms in total. The summed E-state index contributed by atoms with van der Waals surface area (Å²) in [6, 6.07) is 0. The van der Waals surface area contributed by atoms with Crippen LogP contribution in [-0.4, -0.2) is 27.5 Å². The van der Waals surface area contributed by atoms with Gasteiger partial charge in [0.1, 0.15) is 15.0 Å². The first kappa shape index (κ1) is 11.8. The molecule has 3 aromatic heterocycles. The molecule has 0 saturated heterocycles. The smallest absolute Gasteiger partial charge is 0.254 e. The Kier molecular flexibility index (Phi) is 2.50. The van der Waals surface area contributed by atoms with Gasteiger partial charge in [0.25, 0.3) is 11.4 Å². The Labute approximate surface area is 117 Å². The molecular weight excluding hydrogens is 276 g/mol. The Bertz CT molecular complexity index is 883. The third-order valence-electron chi connectivity index (χ3n) is 3.82. The molecule has 1 N–H and O–H groups in total. The SMILES string of the molecule is COc1nnnc2c1sc1[nH]c(=O)c3c(c12)CCCC3. The molecular formula is C13H12N4O2S. The first-order valence-corrected chi connectivity index (χ1v) is 7.35. The molecule has 0 radical (unpaired) electrons. The fourth-order valence-electron chi connectivity index (χ4n) is 2.93. The van der Waals surface area contributed by atoms with Gasteiger partial charge in [-0.05, 0) is 36.5 Å². The number of hydrogen-bond acceptors (Lipinski definition) is 6. The van der Waals surface area contributed by atoms with E-state index in [1.54, 1.807) is 7.11 Å². The van der Waals surface area contributed by atoms with Gasteiger partial charge < -0.3 is 9.72 Å². The van der Waals surface area contributed by atoms with Crippen LogP contribution in [0.4, 0.5) is 0 Å². The van der Waals surface area contributed by atoms with Crippen LogP contribution in [0.5, 0.6) is 5.88 Å². The predicted molar refractivity (Wildman–Crippen MR) is 76.5 cm³/mol. The summed E-state index contributed by atoms with van der Waals surface area (Å²) in [5, 5.41) is 12.8. The average Bonchev–Trinajstić information content (AvgIpc) is 2.85. The molecule has 102 valence electrons. The zero-order valence-corrected chi connectivity index (χ0v) is 11.7. The Morgan fingerprint density at radius 1 is 1.20 bits per heavy atom. The summed E-state index contributed by atoms with van der Waals surface area (Å²) < 4.78 is 6.08. The number of rotatable bonds is 1. The molecule has 20 heavy (non-hydrogen) atoms. The van der Waals surface area contributed by atoms with Crippen LogP contribution in [-0.2, 0) is 12.8 Å². The van der Waals surface area contributed by atoms with E-state index in [0.29, 0.717) is 5.88 Å². The number of methoxy groups -OCH3 is 1. The van der Waals surface area contributed by atoms with Crippen molar-refractivity contribution in [2.75, 3.05) is 7.11 Å². The minimum Gasteiger partial charge on any atom is -0.479 e. The molecule has 0 saturated carbocycles. The second-order valence-electron chi connectivity index (χ2n) is 4.90. The van der Waals surface area contributed by atoms with Gasteiger partial charge >= 0.3 is 0 Å². The number of aryl methyl sites for hydroxylation is 1. The summed E-state index contributed by atoms with van der Waals surface area (Å²) in [5.74, 6) is 0.460. The number of H-pyrrole nitrogens is 1. The highest BCUT2D eigenvalue weighted by atomic mass is 32.1. The van der Waals surface area contributed by atoms with Crippen LogP contribution < -0.4 is 10.3 Å². The van der Waals surface area contributed by atoms with Gasteiger partial charge in [0.2, 0.25) is 0 Å². The van der Waals surface area contributed by atoms with Crippen molar-refractivity contribution in [2.24, 2.45) is 0 Å². The van der Waals surface area contributed by atoms with E-state index in [2.05, 4.69) is 20.4 Å². The van der Waals surface area contributed by atoms with Crippen molar-refractivity contribution in [3.63, 3.8) is 0 Å². The molecule has 3 aromatic rings. The number of nitrogens with one attached hydrogen (secondary N) is 1. The van der Waals surface area contributed by atoms with Crippen LogP contribution in [0.2, 0.25) is 0 Å². The number of fused-ring (bicyclic) bond motifs is 5. The maximum atomic E-state index is 12.2. The lowest BCUT2D eigenvalue weighted by Crippen LogP contribution is -2.18. The van der Waals surface area contributed by atoms with Crippen LogP contribution in [0.25, 0.3) is 20.4 Å². The maximum Gasteiger partial charge on any atom is 0.254 e. The third-order valence-corrected chi connectivity index (χ3v) is 4.90. The molecule has 0 unspecified atom stereocenters. The predicted octanol–water partition coefficient (Wildman–Crippen LogP) is 1.82. The lowest BCUT2D eigenvalue weighted by Gasteiger charge is -2.15. The zero-order valence-electron chi connectivity index (χ0n) is 10.9. The van der Waals surface area contributed by atoms with Crippen LogP contribution in [0.1, 0.15) is 24.0 Å². The third kappa shape index (κ3) is 1.49. The lowest BCUT2D eigenvalue weighted by atomic mass is 9.91. The van der Waals surface area contributed by atoms with Crippen LogP contribution >= 0.6 is 11.3 Å². The van der Waals surface area contributed by atoms with Crippen LogP contribution in [0.15, 0.2) is 4.79 Å². The summed E-state index contributed by atoms with van der Waals surface area (Å²) in [7, 11) is 1.56. The first-order valence-electron chi connectivity index (χ1n) is 6.53. The first-order chi connectivity index (χ1) is 9.79. The van der Waals surface area contributed by atoms with E-state index in [1.807, 2.05) is 0 Å². The molecule has 0 spiro atoms. The summed E-state index contributed by atoms with van der Waals surface area (Å²) in [5.41, 5.74) is 2.84. The molecule has 3 heterocycles. The Balaban J connectivity index is 2.21. The number of nitrogens with zero attached hydrogens (tertiary/aromatic N) is 3. The summed E-state index contributed by atoms with van der Waals surface area (Å²) in [6.07, 6.45) is 3.94. The Morgan fingerprint density at radius 2 is 2.00 bits per heavy atom. The molecule has 7 heteroatoms. The number of hydrogen-bond donors (Lipinski definition) is 1. The molecule has 0 aromatic carbocycles. The maximum absolute atomic E-state index is 12.2. The average molecular weight is 288 g/mol. The van der Waals surface area contributed by atoms with Crippen molar-refractivity contribution in [3.8, 4) is 5.88 Å². The number of aromatic amines is 1. The molecule has 0 fully saturated rings. The van der Waals surface area contributed by atoms with E-state index in [0.717, 1.165) is 57.2 Å². The Hall–Kier alpha value is -2.02. The molecule has 0 atom stereocenters. The van der Waals surface area contributed by atoms with Crippen molar-refractivity contribution in [1.82, 2.24) is 20.4 Å². The van der Waals surface area contributed by atoms with Gasteiger partial charge in [-0.25, -0.2) is 0 Å². The van der Waals surface area contributed by atoms with Gasteiger partial charge in [-0.3, -0.25) is 4.79 Å². The van der Waals surface area contributed by atoms with Gasteiger partial charge in [0, 0.05) is 10.9 Å². The molecule has 4 rings (SSSR count). The van der Waals surface area contributed by atoms with E-state index in [4.69, 9.17) is 4.74 Å². The lowest BCUT2D eigenvalue weighted by molar-refractivity contribution is 0.396. The van der Waals surface area contributed by atoms with Crippen molar-refractivity contribution >= 4 is 31.8 Å². The molecule has 0 amide bonds. The number of aromatic nitrogens is 4. The quantitative estimate of drug-likeness (QED) is 0.738. The second kappa shape index (κ2) is 4.24. The number of pyridine rings is 1. The molecule has 1 aliphatic carbocycles. The summed E-state index contributed by atoms with van der Waals surface area (Å²) >= 11 is 1.45. The van der Waals surface area contributed by atoms with E-state index >= 15 is 0 Å². The van der Waals surface area contributed by atoms with Crippen molar-refractivity contribution in [1.29, 1.82) is 0 Å². The molecule has 0 bridgehead atoms. The van der Waals surface area contributed by atoms with Gasteiger partial charge in [0.15, 0.2) is 0 Å². The van der Waals surface area contributed by atoms with Crippen LogP contribution in [0, 0.1) is 0 Å². The molecule has 1 aliphatic rings. The Morgan fingerprint density at radius 3 is 2.80 bits per heavy atom. The fourth-order valence-corrected chi connectivity index (χ4v) is 4.05. The molecule has 0 aliphatic heterocycles. The summed E-state index contributed by atoms with van der Waals surface area (Å²) in [6.45, 7) is 0. The van der Waals surface area contributed by atoms with E-state index in [1.165, 1.54) is 11.3 Å². The highest BCUT2D eigenvalue weighted by Crippen LogP contribution is 2.38. The topological polar surface area (TPSA) is 80.8 Å². The van der Waals surface area contributed by atoms with Gasteiger partial charge in [0.05, 0.1) is 7.11 Å². The number of thiophene rings is 1. The number of ether oxygens (including phenoxy) is 1. The summed E-state index contributed by atoms with van der Waals surface area (Å²) in [4.78, 5) is 16.0. The van der Waals surface area contributed by atoms with E-state index in [-0.39, 0.29) is 5.56 Å².